The van der Waals surface area contributed by atoms with Crippen LogP contribution in [-0.4, -0.2) is 18.0 Å². The minimum atomic E-state index is 0.0834. The van der Waals surface area contributed by atoms with Gasteiger partial charge in [0, 0.05) is 18.4 Å². The van der Waals surface area contributed by atoms with Crippen LogP contribution in [-0.2, 0) is 9.53 Å². The molecule has 1 aliphatic heterocycles. The summed E-state index contributed by atoms with van der Waals surface area (Å²) in [6, 6.07) is 0. The van der Waals surface area contributed by atoms with Gasteiger partial charge in [0.15, 0.2) is 0 Å². The number of hydrogen-bond acceptors (Lipinski definition) is 2. The van der Waals surface area contributed by atoms with Crippen molar-refractivity contribution in [2.75, 3.05) is 6.61 Å². The summed E-state index contributed by atoms with van der Waals surface area (Å²) in [7, 11) is 0. The average molecular weight is 250 g/mol. The van der Waals surface area contributed by atoms with Crippen molar-refractivity contribution < 1.29 is 9.53 Å². The summed E-state index contributed by atoms with van der Waals surface area (Å²) in [5.41, 5.74) is 0.0834. The molecule has 0 radical (unpaired) electrons. The molecule has 2 aliphatic carbocycles. The molecule has 0 aromatic carbocycles. The molecule has 1 heterocycles. The molecule has 2 saturated carbocycles. The summed E-state index contributed by atoms with van der Waals surface area (Å²) in [6.45, 7) is 2.97. The van der Waals surface area contributed by atoms with Crippen LogP contribution >= 0.6 is 0 Å². The molecule has 18 heavy (non-hydrogen) atoms. The van der Waals surface area contributed by atoms with E-state index < -0.39 is 0 Å². The highest BCUT2D eigenvalue weighted by atomic mass is 16.5. The van der Waals surface area contributed by atoms with Gasteiger partial charge in [0.25, 0.3) is 0 Å². The first kappa shape index (κ1) is 12.7. The molecule has 2 heteroatoms. The maximum Gasteiger partial charge on any atom is 0.139 e. The van der Waals surface area contributed by atoms with Gasteiger partial charge < -0.3 is 4.74 Å². The van der Waals surface area contributed by atoms with Gasteiger partial charge in [0.2, 0.25) is 0 Å². The van der Waals surface area contributed by atoms with Crippen LogP contribution < -0.4 is 0 Å². The van der Waals surface area contributed by atoms with Crippen LogP contribution in [0.1, 0.15) is 64.7 Å². The predicted molar refractivity (Wildman–Crippen MR) is 71.4 cm³/mol. The maximum atomic E-state index is 12.5. The molecule has 0 aromatic rings. The lowest BCUT2D eigenvalue weighted by Gasteiger charge is -2.43. The van der Waals surface area contributed by atoms with Crippen LogP contribution in [0.4, 0.5) is 0 Å². The van der Waals surface area contributed by atoms with Crippen LogP contribution in [0, 0.1) is 17.8 Å². The van der Waals surface area contributed by atoms with Gasteiger partial charge in [-0.2, -0.15) is 0 Å². The highest BCUT2D eigenvalue weighted by Gasteiger charge is 2.43. The van der Waals surface area contributed by atoms with Crippen molar-refractivity contribution in [2.45, 2.75) is 70.3 Å². The lowest BCUT2D eigenvalue weighted by Crippen LogP contribution is -2.44. The Hall–Kier alpha value is -0.370. The van der Waals surface area contributed by atoms with E-state index in [0.29, 0.717) is 23.5 Å². The summed E-state index contributed by atoms with van der Waals surface area (Å²) in [5.74, 6) is 1.87. The molecular weight excluding hydrogens is 224 g/mol. The maximum absolute atomic E-state index is 12.5. The summed E-state index contributed by atoms with van der Waals surface area (Å²) in [5, 5.41) is 0. The fourth-order valence-corrected chi connectivity index (χ4v) is 4.02. The van der Waals surface area contributed by atoms with Gasteiger partial charge in [-0.1, -0.05) is 26.2 Å². The van der Waals surface area contributed by atoms with E-state index in [2.05, 4.69) is 6.92 Å². The van der Waals surface area contributed by atoms with Crippen molar-refractivity contribution in [1.82, 2.24) is 0 Å². The SMILES string of the molecule is CC(C(=O)C1CCOC2(CCCCC2)C1)C1CC1. The Morgan fingerprint density at radius 2 is 1.89 bits per heavy atom. The quantitative estimate of drug-likeness (QED) is 0.763. The molecule has 0 bridgehead atoms. The van der Waals surface area contributed by atoms with E-state index in [1.807, 2.05) is 0 Å². The first-order chi connectivity index (χ1) is 8.70. The summed E-state index contributed by atoms with van der Waals surface area (Å²) in [6.07, 6.45) is 10.9. The van der Waals surface area contributed by atoms with E-state index in [-0.39, 0.29) is 5.60 Å². The molecule has 3 fully saturated rings. The second-order valence-electron chi connectivity index (χ2n) is 6.81. The Balaban J connectivity index is 1.63. The topological polar surface area (TPSA) is 26.3 Å². The zero-order valence-corrected chi connectivity index (χ0v) is 11.6. The Morgan fingerprint density at radius 1 is 1.17 bits per heavy atom. The van der Waals surface area contributed by atoms with Gasteiger partial charge in [-0.25, -0.2) is 0 Å². The number of hydrogen-bond donors (Lipinski definition) is 0. The number of carbonyl (C=O) groups is 1. The summed E-state index contributed by atoms with van der Waals surface area (Å²) >= 11 is 0. The average Bonchev–Trinajstić information content (AvgIpc) is 3.22. The molecule has 3 rings (SSSR count). The molecule has 2 unspecified atom stereocenters. The lowest BCUT2D eigenvalue weighted by molar-refractivity contribution is -0.146. The molecule has 0 amide bonds. The van der Waals surface area contributed by atoms with E-state index in [1.54, 1.807) is 0 Å². The standard InChI is InChI=1S/C16H26O2/c1-12(13-5-6-13)15(17)14-7-10-18-16(11-14)8-3-2-4-9-16/h12-14H,2-11H2,1H3. The van der Waals surface area contributed by atoms with Gasteiger partial charge >= 0.3 is 0 Å². The third-order valence-electron chi connectivity index (χ3n) is 5.44. The minimum Gasteiger partial charge on any atom is -0.375 e. The molecule has 0 aromatic heterocycles. The van der Waals surface area contributed by atoms with E-state index >= 15 is 0 Å². The van der Waals surface area contributed by atoms with Crippen LogP contribution in [0.25, 0.3) is 0 Å². The minimum absolute atomic E-state index is 0.0834. The number of ketones is 1. The summed E-state index contributed by atoms with van der Waals surface area (Å²) < 4.78 is 6.09. The number of rotatable bonds is 3. The van der Waals surface area contributed by atoms with Crippen LogP contribution in [0.5, 0.6) is 0 Å². The predicted octanol–water partition coefficient (Wildman–Crippen LogP) is 3.73. The molecule has 2 atom stereocenters. The van der Waals surface area contributed by atoms with E-state index in [4.69, 9.17) is 4.74 Å². The second-order valence-corrected chi connectivity index (χ2v) is 6.81. The molecule has 3 aliphatic rings. The zero-order valence-electron chi connectivity index (χ0n) is 11.6. The van der Waals surface area contributed by atoms with Gasteiger partial charge in [0.05, 0.1) is 5.60 Å². The Kier molecular flexibility index (Phi) is 3.48. The molecule has 1 saturated heterocycles. The normalized spacial score (nSPS) is 33.3. The molecule has 2 nitrogen and oxygen atoms in total. The molecule has 102 valence electrons. The number of ether oxygens (including phenoxy) is 1. The van der Waals surface area contributed by atoms with Crippen LogP contribution in [0.3, 0.4) is 0 Å². The summed E-state index contributed by atoms with van der Waals surface area (Å²) in [4.78, 5) is 12.5. The highest BCUT2D eigenvalue weighted by molar-refractivity contribution is 5.83. The monoisotopic (exact) mass is 250 g/mol. The molecular formula is C16H26O2. The van der Waals surface area contributed by atoms with E-state index in [1.165, 1.54) is 44.9 Å². The van der Waals surface area contributed by atoms with Crippen molar-refractivity contribution >= 4 is 5.78 Å². The van der Waals surface area contributed by atoms with Gasteiger partial charge in [-0.3, -0.25) is 4.79 Å². The largest absolute Gasteiger partial charge is 0.375 e. The molecule has 1 spiro atoms. The van der Waals surface area contributed by atoms with E-state index in [9.17, 15) is 4.79 Å². The first-order valence-corrected chi connectivity index (χ1v) is 7.88. The third-order valence-corrected chi connectivity index (χ3v) is 5.44. The lowest BCUT2D eigenvalue weighted by atomic mass is 9.73. The van der Waals surface area contributed by atoms with Crippen molar-refractivity contribution in [3.05, 3.63) is 0 Å². The van der Waals surface area contributed by atoms with Gasteiger partial charge in [0.1, 0.15) is 5.78 Å². The van der Waals surface area contributed by atoms with Gasteiger partial charge in [-0.05, 0) is 44.4 Å². The van der Waals surface area contributed by atoms with Crippen molar-refractivity contribution in [1.29, 1.82) is 0 Å². The second kappa shape index (κ2) is 4.96. The van der Waals surface area contributed by atoms with Crippen LogP contribution in [0.2, 0.25) is 0 Å². The number of carbonyl (C=O) groups excluding carboxylic acids is 1. The van der Waals surface area contributed by atoms with E-state index in [0.717, 1.165) is 19.4 Å². The highest BCUT2D eigenvalue weighted by Crippen LogP contribution is 2.44. The Bertz CT molecular complexity index is 308. The molecule has 0 N–H and O–H groups in total. The number of Topliss-reactive ketones (excluding diaryl/α,β-unsaturated/α-hetero) is 1. The third kappa shape index (κ3) is 2.49. The van der Waals surface area contributed by atoms with Crippen LogP contribution in [0.15, 0.2) is 0 Å². The van der Waals surface area contributed by atoms with Crippen molar-refractivity contribution in [2.24, 2.45) is 17.8 Å². The first-order valence-electron chi connectivity index (χ1n) is 7.88. The fourth-order valence-electron chi connectivity index (χ4n) is 4.02. The van der Waals surface area contributed by atoms with Crippen molar-refractivity contribution in [3.63, 3.8) is 0 Å². The smallest absolute Gasteiger partial charge is 0.139 e. The Morgan fingerprint density at radius 3 is 2.56 bits per heavy atom. The van der Waals surface area contributed by atoms with Gasteiger partial charge in [-0.15, -0.1) is 0 Å². The fraction of sp³-hybridized carbons (Fsp3) is 0.938. The van der Waals surface area contributed by atoms with Crippen molar-refractivity contribution in [3.8, 4) is 0 Å². The Labute approximate surface area is 110 Å². The zero-order chi connectivity index (χ0) is 12.6.